The molecule has 3 rings (SSSR count). The smallest absolute Gasteiger partial charge is 0.157 e. The summed E-state index contributed by atoms with van der Waals surface area (Å²) in [5.74, 6) is -0.238. The molecule has 0 saturated carbocycles. The van der Waals surface area contributed by atoms with Crippen LogP contribution in [-0.4, -0.2) is 15.2 Å². The summed E-state index contributed by atoms with van der Waals surface area (Å²) in [6.07, 6.45) is 4.75. The van der Waals surface area contributed by atoms with Crippen molar-refractivity contribution in [2.45, 2.75) is 54.9 Å². The Hall–Kier alpha value is -2.81. The van der Waals surface area contributed by atoms with E-state index in [4.69, 9.17) is 4.98 Å². The molecule has 0 aliphatic carbocycles. The Morgan fingerprint density at radius 3 is 2.11 bits per heavy atom. The van der Waals surface area contributed by atoms with Gasteiger partial charge < -0.3 is 10.2 Å². The van der Waals surface area contributed by atoms with Crippen molar-refractivity contribution in [3.05, 3.63) is 64.3 Å². The minimum Gasteiger partial charge on any atom is -0.504 e. The predicted molar refractivity (Wildman–Crippen MR) is 122 cm³/mol. The number of phenols is 2. The van der Waals surface area contributed by atoms with E-state index in [1.54, 1.807) is 6.07 Å². The van der Waals surface area contributed by atoms with Crippen LogP contribution in [0.25, 0.3) is 23.1 Å². The van der Waals surface area contributed by atoms with E-state index < -0.39 is 0 Å². The molecule has 2 N–H and O–H groups in total. The van der Waals surface area contributed by atoms with Crippen LogP contribution < -0.4 is 0 Å². The zero-order valence-corrected chi connectivity index (χ0v) is 18.2. The van der Waals surface area contributed by atoms with Crippen LogP contribution in [0.15, 0.2) is 36.4 Å². The molecular weight excluding hydrogens is 346 g/mol. The van der Waals surface area contributed by atoms with E-state index in [9.17, 15) is 10.2 Å². The summed E-state index contributed by atoms with van der Waals surface area (Å²) in [5, 5.41) is 20.1. The fourth-order valence-corrected chi connectivity index (χ4v) is 3.06. The molecule has 0 aliphatic rings. The van der Waals surface area contributed by atoms with Crippen LogP contribution in [0.2, 0.25) is 0 Å². The molecule has 0 aliphatic heterocycles. The summed E-state index contributed by atoms with van der Waals surface area (Å²) < 4.78 is 0. The number of nitrogens with zero attached hydrogens (tertiary/aromatic N) is 1. The molecule has 3 aromatic rings. The van der Waals surface area contributed by atoms with Crippen LogP contribution in [0.1, 0.15) is 62.6 Å². The van der Waals surface area contributed by atoms with Crippen molar-refractivity contribution >= 4 is 23.1 Å². The average Bonchev–Trinajstić information content (AvgIpc) is 2.72. The SMILES string of the molecule is CC.CC.CCc1c(C)cc(C)c2ccc(/C=C/c3ccc(O)c(O)c3)nc12. The molecule has 150 valence electrons. The maximum atomic E-state index is 9.57. The van der Waals surface area contributed by atoms with Crippen molar-refractivity contribution in [2.75, 3.05) is 0 Å². The molecule has 3 nitrogen and oxygen atoms in total. The van der Waals surface area contributed by atoms with E-state index in [-0.39, 0.29) is 11.5 Å². The highest BCUT2D eigenvalue weighted by Crippen LogP contribution is 2.27. The summed E-state index contributed by atoms with van der Waals surface area (Å²) in [6, 6.07) is 11.1. The third-order valence-electron chi connectivity index (χ3n) is 4.34. The van der Waals surface area contributed by atoms with Gasteiger partial charge in [0.2, 0.25) is 0 Å². The van der Waals surface area contributed by atoms with E-state index in [0.29, 0.717) is 0 Å². The molecule has 0 atom stereocenters. The Labute approximate surface area is 169 Å². The molecule has 3 heteroatoms. The number of aryl methyl sites for hydroxylation is 3. The van der Waals surface area contributed by atoms with Gasteiger partial charge in [-0.25, -0.2) is 4.98 Å². The predicted octanol–water partition coefficient (Wildman–Crippen LogP) is 7.05. The lowest BCUT2D eigenvalue weighted by atomic mass is 9.97. The van der Waals surface area contributed by atoms with Crippen molar-refractivity contribution in [1.82, 2.24) is 4.98 Å². The number of hydrogen-bond acceptors (Lipinski definition) is 3. The number of pyridine rings is 1. The van der Waals surface area contributed by atoms with E-state index in [0.717, 1.165) is 23.2 Å². The van der Waals surface area contributed by atoms with Crippen molar-refractivity contribution in [1.29, 1.82) is 0 Å². The normalized spacial score (nSPS) is 10.2. The lowest BCUT2D eigenvalue weighted by Gasteiger charge is -2.11. The van der Waals surface area contributed by atoms with Crippen LogP contribution in [0.4, 0.5) is 0 Å². The van der Waals surface area contributed by atoms with Crippen LogP contribution in [-0.2, 0) is 6.42 Å². The lowest BCUT2D eigenvalue weighted by Crippen LogP contribution is -1.95. The van der Waals surface area contributed by atoms with Gasteiger partial charge in [-0.1, -0.05) is 58.9 Å². The monoisotopic (exact) mass is 379 g/mol. The highest BCUT2D eigenvalue weighted by atomic mass is 16.3. The highest BCUT2D eigenvalue weighted by molar-refractivity contribution is 5.87. The van der Waals surface area contributed by atoms with Gasteiger partial charge in [0.1, 0.15) is 0 Å². The number of phenolic OH excluding ortho intramolecular Hbond substituents is 2. The number of benzene rings is 2. The van der Waals surface area contributed by atoms with Crippen LogP contribution in [0, 0.1) is 13.8 Å². The molecule has 0 fully saturated rings. The summed E-state index contributed by atoms with van der Waals surface area (Å²) in [7, 11) is 0. The second-order valence-corrected chi connectivity index (χ2v) is 6.06. The molecule has 0 bridgehead atoms. The summed E-state index contributed by atoms with van der Waals surface area (Å²) in [4.78, 5) is 4.82. The summed E-state index contributed by atoms with van der Waals surface area (Å²) in [5.41, 5.74) is 6.54. The molecule has 0 unspecified atom stereocenters. The molecule has 1 aromatic heterocycles. The van der Waals surface area contributed by atoms with Crippen LogP contribution in [0.3, 0.4) is 0 Å². The Morgan fingerprint density at radius 1 is 0.821 bits per heavy atom. The van der Waals surface area contributed by atoms with Gasteiger partial charge in [0.15, 0.2) is 11.5 Å². The Balaban J connectivity index is 0.000000921. The first kappa shape index (κ1) is 23.2. The standard InChI is InChI=1S/C21H21NO2.2C2H6/c1-4-17-13(2)11-14(3)18-9-8-16(22-21(17)18)7-5-15-6-10-19(23)20(24)12-15;2*1-2/h5-12,23-24H,4H2,1-3H3;2*1-2H3/b7-5+;;. The molecule has 28 heavy (non-hydrogen) atoms. The maximum Gasteiger partial charge on any atom is 0.157 e. The third kappa shape index (κ3) is 5.35. The fraction of sp³-hybridized carbons (Fsp3) is 0.320. The largest absolute Gasteiger partial charge is 0.504 e. The van der Waals surface area contributed by atoms with Gasteiger partial charge in [0.25, 0.3) is 0 Å². The molecule has 0 spiro atoms. The number of fused-ring (bicyclic) bond motifs is 1. The minimum atomic E-state index is -0.122. The van der Waals surface area contributed by atoms with Crippen molar-refractivity contribution in [2.24, 2.45) is 0 Å². The molecule has 0 radical (unpaired) electrons. The molecule has 0 saturated heterocycles. The lowest BCUT2D eigenvalue weighted by molar-refractivity contribution is 0.403. The topological polar surface area (TPSA) is 53.4 Å². The number of hydrogen-bond donors (Lipinski definition) is 2. The van der Waals surface area contributed by atoms with Gasteiger partial charge >= 0.3 is 0 Å². The van der Waals surface area contributed by atoms with E-state index in [2.05, 4.69) is 32.9 Å². The van der Waals surface area contributed by atoms with Crippen LogP contribution in [0.5, 0.6) is 11.5 Å². The average molecular weight is 380 g/mol. The van der Waals surface area contributed by atoms with Crippen LogP contribution >= 0.6 is 0 Å². The Kier molecular flexibility index (Phi) is 9.23. The summed E-state index contributed by atoms with van der Waals surface area (Å²) >= 11 is 0. The van der Waals surface area contributed by atoms with Crippen molar-refractivity contribution < 1.29 is 10.2 Å². The van der Waals surface area contributed by atoms with E-state index in [1.807, 2.05) is 45.9 Å². The van der Waals surface area contributed by atoms with Gasteiger partial charge in [-0.15, -0.1) is 0 Å². The van der Waals surface area contributed by atoms with Gasteiger partial charge in [-0.2, -0.15) is 0 Å². The summed E-state index contributed by atoms with van der Waals surface area (Å²) in [6.45, 7) is 14.4. The fourth-order valence-electron chi connectivity index (χ4n) is 3.06. The van der Waals surface area contributed by atoms with Crippen molar-refractivity contribution in [3.8, 4) is 11.5 Å². The maximum absolute atomic E-state index is 9.57. The first-order chi connectivity index (χ1) is 13.5. The minimum absolute atomic E-state index is 0.116. The second kappa shape index (κ2) is 11.1. The number of rotatable bonds is 3. The molecule has 1 heterocycles. The first-order valence-electron chi connectivity index (χ1n) is 10.1. The quantitative estimate of drug-likeness (QED) is 0.479. The Bertz CT molecular complexity index is 943. The number of aromatic nitrogens is 1. The van der Waals surface area contributed by atoms with E-state index in [1.165, 1.54) is 34.2 Å². The Morgan fingerprint density at radius 2 is 1.50 bits per heavy atom. The molecular formula is C25H33NO2. The van der Waals surface area contributed by atoms with Gasteiger partial charge in [-0.05, 0) is 66.8 Å². The van der Waals surface area contributed by atoms with Crippen molar-refractivity contribution in [3.63, 3.8) is 0 Å². The van der Waals surface area contributed by atoms with Gasteiger partial charge in [0.05, 0.1) is 11.2 Å². The molecule has 0 amide bonds. The zero-order valence-electron chi connectivity index (χ0n) is 18.2. The zero-order chi connectivity index (χ0) is 21.3. The first-order valence-corrected chi connectivity index (χ1v) is 10.1. The van der Waals surface area contributed by atoms with Gasteiger partial charge in [0, 0.05) is 5.39 Å². The molecule has 2 aromatic carbocycles. The van der Waals surface area contributed by atoms with Gasteiger partial charge in [-0.3, -0.25) is 0 Å². The second-order valence-electron chi connectivity index (χ2n) is 6.06. The van der Waals surface area contributed by atoms with E-state index >= 15 is 0 Å². The highest BCUT2D eigenvalue weighted by Gasteiger charge is 2.08. The number of aromatic hydroxyl groups is 2. The third-order valence-corrected chi connectivity index (χ3v) is 4.34.